The number of hydrogen-bond donors (Lipinski definition) is 0. The van der Waals surface area contributed by atoms with E-state index in [9.17, 15) is 9.18 Å². The van der Waals surface area contributed by atoms with E-state index in [2.05, 4.69) is 0 Å². The van der Waals surface area contributed by atoms with Gasteiger partial charge in [0, 0.05) is 38.7 Å². The van der Waals surface area contributed by atoms with Crippen LogP contribution in [0, 0.1) is 11.7 Å². The van der Waals surface area contributed by atoms with E-state index in [0.29, 0.717) is 17.6 Å². The van der Waals surface area contributed by atoms with E-state index >= 15 is 0 Å². The minimum atomic E-state index is -0.298. The van der Waals surface area contributed by atoms with Crippen LogP contribution in [0.1, 0.15) is 24.8 Å². The molecule has 3 fully saturated rings. The smallest absolute Gasteiger partial charge is 0.227 e. The molecule has 4 rings (SSSR count). The zero-order chi connectivity index (χ0) is 18.0. The van der Waals surface area contributed by atoms with E-state index in [0.717, 1.165) is 57.9 Å². The highest BCUT2D eigenvalue weighted by atomic mass is 32.2. The summed E-state index contributed by atoms with van der Waals surface area (Å²) < 4.78 is 25.4. The Bertz CT molecular complexity index is 644. The Morgan fingerprint density at radius 2 is 2.08 bits per heavy atom. The number of benzene rings is 1. The largest absolute Gasteiger partial charge is 0.381 e. The van der Waals surface area contributed by atoms with Crippen LogP contribution < -0.4 is 0 Å². The van der Waals surface area contributed by atoms with Crippen molar-refractivity contribution in [3.05, 3.63) is 35.6 Å². The molecule has 0 aliphatic carbocycles. The molecule has 3 aliphatic heterocycles. The number of rotatable bonds is 5. The van der Waals surface area contributed by atoms with E-state index in [1.807, 2.05) is 16.7 Å². The molecule has 6 heteroatoms. The fraction of sp³-hybridized carbons (Fsp3) is 0.650. The highest BCUT2D eigenvalue weighted by Crippen LogP contribution is 2.46. The zero-order valence-electron chi connectivity index (χ0n) is 15.0. The van der Waals surface area contributed by atoms with Crippen molar-refractivity contribution in [3.8, 4) is 0 Å². The van der Waals surface area contributed by atoms with Gasteiger partial charge in [0.05, 0.1) is 17.3 Å². The predicted molar refractivity (Wildman–Crippen MR) is 99.8 cm³/mol. The van der Waals surface area contributed by atoms with Crippen molar-refractivity contribution in [1.29, 1.82) is 0 Å². The maximum absolute atomic E-state index is 13.7. The van der Waals surface area contributed by atoms with Crippen molar-refractivity contribution in [2.45, 2.75) is 36.5 Å². The summed E-state index contributed by atoms with van der Waals surface area (Å²) in [5.74, 6) is 1.37. The molecule has 1 spiro atoms. The minimum absolute atomic E-state index is 0.0212. The number of amides is 1. The highest BCUT2D eigenvalue weighted by molar-refractivity contribution is 8.01. The molecule has 0 saturated carbocycles. The number of ether oxygens (including phenoxy) is 2. The molecule has 3 saturated heterocycles. The molecule has 0 radical (unpaired) electrons. The van der Waals surface area contributed by atoms with Crippen molar-refractivity contribution >= 4 is 17.7 Å². The molecule has 1 amide bonds. The molecule has 1 atom stereocenters. The van der Waals surface area contributed by atoms with E-state index in [1.54, 1.807) is 18.2 Å². The lowest BCUT2D eigenvalue weighted by Gasteiger charge is -2.47. The summed E-state index contributed by atoms with van der Waals surface area (Å²) in [7, 11) is 0. The van der Waals surface area contributed by atoms with Gasteiger partial charge in [-0.05, 0) is 36.8 Å². The summed E-state index contributed by atoms with van der Waals surface area (Å²) >= 11 is 1.94. The van der Waals surface area contributed by atoms with Gasteiger partial charge in [-0.15, -0.1) is 11.8 Å². The van der Waals surface area contributed by atoms with Crippen LogP contribution in [0.15, 0.2) is 24.3 Å². The minimum Gasteiger partial charge on any atom is -0.381 e. The maximum Gasteiger partial charge on any atom is 0.227 e. The number of halogens is 1. The summed E-state index contributed by atoms with van der Waals surface area (Å²) in [6.07, 6.45) is 3.67. The van der Waals surface area contributed by atoms with E-state index in [4.69, 9.17) is 9.47 Å². The maximum atomic E-state index is 13.7. The Hall–Kier alpha value is -1.11. The van der Waals surface area contributed by atoms with Gasteiger partial charge in [0.25, 0.3) is 0 Å². The number of carbonyl (C=O) groups excluding carboxylic acids is 1. The van der Waals surface area contributed by atoms with Crippen LogP contribution in [0.5, 0.6) is 0 Å². The summed E-state index contributed by atoms with van der Waals surface area (Å²) in [5.41, 5.74) is 0.482. The van der Waals surface area contributed by atoms with Gasteiger partial charge in [0.2, 0.25) is 5.91 Å². The van der Waals surface area contributed by atoms with Gasteiger partial charge in [-0.2, -0.15) is 0 Å². The molecule has 0 bridgehead atoms. The van der Waals surface area contributed by atoms with Gasteiger partial charge in [0.1, 0.15) is 5.82 Å². The highest BCUT2D eigenvalue weighted by Gasteiger charge is 2.50. The molecular formula is C20H26FNO3S. The standard InChI is InChI=1S/C20H26FNO3S/c21-18-4-2-1-3-16(18)9-19(23)22-13-20(14-22)10-17(12-26-20)25-11-15-5-7-24-8-6-15/h1-4,15,17H,5-14H2/t17-/m0/s1. The third-order valence-corrected chi connectivity index (χ3v) is 7.27. The number of hydrogen-bond acceptors (Lipinski definition) is 4. The molecule has 0 aromatic heterocycles. The number of thioether (sulfide) groups is 1. The number of likely N-dealkylation sites (tertiary alicyclic amines) is 1. The Morgan fingerprint density at radius 3 is 2.85 bits per heavy atom. The second-order valence-corrected chi connectivity index (χ2v) is 9.22. The fourth-order valence-corrected chi connectivity index (χ4v) is 5.61. The first-order valence-corrected chi connectivity index (χ1v) is 10.5. The first-order chi connectivity index (χ1) is 12.6. The van der Waals surface area contributed by atoms with E-state index < -0.39 is 0 Å². The zero-order valence-corrected chi connectivity index (χ0v) is 15.8. The third-order valence-electron chi connectivity index (χ3n) is 5.69. The monoisotopic (exact) mass is 379 g/mol. The van der Waals surface area contributed by atoms with Gasteiger partial charge < -0.3 is 14.4 Å². The molecular weight excluding hydrogens is 353 g/mol. The van der Waals surface area contributed by atoms with Crippen molar-refractivity contribution in [2.24, 2.45) is 5.92 Å². The molecule has 0 N–H and O–H groups in total. The average molecular weight is 379 g/mol. The molecule has 0 unspecified atom stereocenters. The van der Waals surface area contributed by atoms with Crippen LogP contribution in [-0.4, -0.2) is 60.3 Å². The van der Waals surface area contributed by atoms with Crippen LogP contribution in [-0.2, 0) is 20.7 Å². The Balaban J connectivity index is 1.21. The van der Waals surface area contributed by atoms with Crippen molar-refractivity contribution in [3.63, 3.8) is 0 Å². The molecule has 1 aromatic rings. The topological polar surface area (TPSA) is 38.8 Å². The first-order valence-electron chi connectivity index (χ1n) is 9.48. The lowest BCUT2D eigenvalue weighted by atomic mass is 9.92. The van der Waals surface area contributed by atoms with Crippen LogP contribution in [0.25, 0.3) is 0 Å². The average Bonchev–Trinajstić information content (AvgIpc) is 3.06. The van der Waals surface area contributed by atoms with Gasteiger partial charge in [-0.3, -0.25) is 4.79 Å². The summed E-state index contributed by atoms with van der Waals surface area (Å²) in [6, 6.07) is 6.52. The summed E-state index contributed by atoms with van der Waals surface area (Å²) in [5, 5.41) is 0. The van der Waals surface area contributed by atoms with Gasteiger partial charge in [0.15, 0.2) is 0 Å². The summed E-state index contributed by atoms with van der Waals surface area (Å²) in [6.45, 7) is 4.08. The van der Waals surface area contributed by atoms with Crippen LogP contribution in [0.3, 0.4) is 0 Å². The second-order valence-electron chi connectivity index (χ2n) is 7.73. The lowest BCUT2D eigenvalue weighted by molar-refractivity contribution is -0.136. The Kier molecular flexibility index (Phi) is 5.53. The molecule has 4 nitrogen and oxygen atoms in total. The van der Waals surface area contributed by atoms with Gasteiger partial charge >= 0.3 is 0 Å². The van der Waals surface area contributed by atoms with E-state index in [1.165, 1.54) is 6.07 Å². The van der Waals surface area contributed by atoms with Gasteiger partial charge in [-0.25, -0.2) is 4.39 Å². The molecule has 3 aliphatic rings. The molecule has 3 heterocycles. The Morgan fingerprint density at radius 1 is 1.31 bits per heavy atom. The SMILES string of the molecule is O=C(Cc1ccccc1F)N1CC2(C[C@H](OCC3CCOCC3)CS2)C1. The normalized spacial score (nSPS) is 25.4. The quantitative estimate of drug-likeness (QED) is 0.789. The fourth-order valence-electron chi connectivity index (χ4n) is 4.06. The molecule has 142 valence electrons. The van der Waals surface area contributed by atoms with Crippen LogP contribution in [0.4, 0.5) is 4.39 Å². The molecule has 26 heavy (non-hydrogen) atoms. The van der Waals surface area contributed by atoms with Crippen molar-refractivity contribution in [2.75, 3.05) is 38.7 Å². The lowest BCUT2D eigenvalue weighted by Crippen LogP contribution is -2.61. The second kappa shape index (κ2) is 7.87. The summed E-state index contributed by atoms with van der Waals surface area (Å²) in [4.78, 5) is 14.3. The van der Waals surface area contributed by atoms with Crippen LogP contribution >= 0.6 is 11.8 Å². The molecule has 1 aromatic carbocycles. The number of nitrogens with zero attached hydrogens (tertiary/aromatic N) is 1. The first kappa shape index (κ1) is 18.3. The third kappa shape index (κ3) is 4.07. The van der Waals surface area contributed by atoms with Crippen molar-refractivity contribution < 1.29 is 18.7 Å². The van der Waals surface area contributed by atoms with Crippen molar-refractivity contribution in [1.82, 2.24) is 4.90 Å². The van der Waals surface area contributed by atoms with Gasteiger partial charge in [-0.1, -0.05) is 18.2 Å². The predicted octanol–water partition coefficient (Wildman–Crippen LogP) is 2.90. The number of carbonyl (C=O) groups is 1. The van der Waals surface area contributed by atoms with Crippen LogP contribution in [0.2, 0.25) is 0 Å². The van der Waals surface area contributed by atoms with E-state index in [-0.39, 0.29) is 22.9 Å². The Labute approximate surface area is 158 Å².